The molecule has 1 aromatic heterocycles. The average Bonchev–Trinajstić information content (AvgIpc) is 2.80. The van der Waals surface area contributed by atoms with E-state index >= 15 is 0 Å². The van der Waals surface area contributed by atoms with Crippen LogP contribution in [0.15, 0.2) is 24.4 Å². The van der Waals surface area contributed by atoms with Gasteiger partial charge in [0.05, 0.1) is 11.9 Å². The van der Waals surface area contributed by atoms with Crippen molar-refractivity contribution in [2.75, 3.05) is 0 Å². The molecule has 1 heterocycles. The third kappa shape index (κ3) is 2.54. The van der Waals surface area contributed by atoms with Crippen LogP contribution in [0.2, 0.25) is 5.02 Å². The summed E-state index contributed by atoms with van der Waals surface area (Å²) in [4.78, 5) is 0. The molecule has 2 rings (SSSR count). The maximum Gasteiger partial charge on any atom is 0.122 e. The number of aliphatic hydroxyl groups is 1. The van der Waals surface area contributed by atoms with Crippen molar-refractivity contribution in [3.63, 3.8) is 0 Å². The van der Waals surface area contributed by atoms with Crippen molar-refractivity contribution in [3.05, 3.63) is 46.2 Å². The van der Waals surface area contributed by atoms with Gasteiger partial charge in [-0.15, -0.1) is 5.10 Å². The lowest BCUT2D eigenvalue weighted by atomic mass is 10.0. The maximum atomic E-state index is 10.4. The molecule has 5 heteroatoms. The zero-order valence-corrected chi connectivity index (χ0v) is 11.2. The van der Waals surface area contributed by atoms with Crippen LogP contribution in [0.1, 0.15) is 36.3 Å². The lowest BCUT2D eigenvalue weighted by Gasteiger charge is -2.13. The monoisotopic (exact) mass is 265 g/mol. The summed E-state index contributed by atoms with van der Waals surface area (Å²) >= 11 is 5.98. The second-order valence-electron chi connectivity index (χ2n) is 4.29. The summed E-state index contributed by atoms with van der Waals surface area (Å²) in [6.45, 7) is 4.73. The van der Waals surface area contributed by atoms with Gasteiger partial charge in [-0.3, -0.25) is 0 Å². The Kier molecular flexibility index (Phi) is 3.99. The molecule has 0 saturated heterocycles. The van der Waals surface area contributed by atoms with Crippen LogP contribution in [0.4, 0.5) is 0 Å². The molecule has 0 aliphatic heterocycles. The number of aliphatic hydroxyl groups excluding tert-OH is 1. The first kappa shape index (κ1) is 13.1. The molecule has 1 N–H and O–H groups in total. The minimum Gasteiger partial charge on any atom is -0.382 e. The van der Waals surface area contributed by atoms with Gasteiger partial charge < -0.3 is 5.11 Å². The highest BCUT2D eigenvalue weighted by Crippen LogP contribution is 2.25. The van der Waals surface area contributed by atoms with Crippen LogP contribution in [0, 0.1) is 6.92 Å². The van der Waals surface area contributed by atoms with E-state index in [4.69, 9.17) is 11.6 Å². The SMILES string of the molecule is CCCn1nncc1C(O)c1ccc(Cl)c(C)c1. The predicted octanol–water partition coefficient (Wildman–Crippen LogP) is 2.73. The van der Waals surface area contributed by atoms with E-state index < -0.39 is 6.10 Å². The van der Waals surface area contributed by atoms with Crippen molar-refractivity contribution in [2.24, 2.45) is 0 Å². The van der Waals surface area contributed by atoms with Crippen LogP contribution in [0.5, 0.6) is 0 Å². The third-order valence-corrected chi connectivity index (χ3v) is 3.29. The molecule has 0 spiro atoms. The minimum absolute atomic E-state index is 0.700. The molecular weight excluding hydrogens is 250 g/mol. The summed E-state index contributed by atoms with van der Waals surface area (Å²) in [5, 5.41) is 18.9. The fourth-order valence-corrected chi connectivity index (χ4v) is 1.99. The summed E-state index contributed by atoms with van der Waals surface area (Å²) in [7, 11) is 0. The molecule has 18 heavy (non-hydrogen) atoms. The number of aryl methyl sites for hydroxylation is 2. The highest BCUT2D eigenvalue weighted by Gasteiger charge is 2.16. The summed E-state index contributed by atoms with van der Waals surface area (Å²) in [6, 6.07) is 5.50. The zero-order valence-electron chi connectivity index (χ0n) is 10.5. The summed E-state index contributed by atoms with van der Waals surface area (Å²) in [6.07, 6.45) is 1.83. The lowest BCUT2D eigenvalue weighted by molar-refractivity contribution is 0.207. The molecular formula is C13H16ClN3O. The van der Waals surface area contributed by atoms with Crippen molar-refractivity contribution < 1.29 is 5.11 Å². The van der Waals surface area contributed by atoms with Gasteiger partial charge in [0.15, 0.2) is 0 Å². The quantitative estimate of drug-likeness (QED) is 0.925. The minimum atomic E-state index is -0.720. The zero-order chi connectivity index (χ0) is 13.1. The van der Waals surface area contributed by atoms with Crippen molar-refractivity contribution >= 4 is 11.6 Å². The van der Waals surface area contributed by atoms with Gasteiger partial charge in [-0.25, -0.2) is 4.68 Å². The van der Waals surface area contributed by atoms with Gasteiger partial charge in [0.1, 0.15) is 6.10 Å². The second-order valence-corrected chi connectivity index (χ2v) is 4.70. The molecule has 0 aliphatic carbocycles. The molecule has 1 aromatic carbocycles. The van der Waals surface area contributed by atoms with Crippen molar-refractivity contribution in [2.45, 2.75) is 32.9 Å². The highest BCUT2D eigenvalue weighted by molar-refractivity contribution is 6.31. The molecule has 2 aromatic rings. The number of hydrogen-bond acceptors (Lipinski definition) is 3. The number of halogens is 1. The first-order chi connectivity index (χ1) is 8.63. The molecule has 0 saturated carbocycles. The van der Waals surface area contributed by atoms with Crippen LogP contribution in [0.25, 0.3) is 0 Å². The van der Waals surface area contributed by atoms with E-state index in [0.717, 1.165) is 24.1 Å². The van der Waals surface area contributed by atoms with Gasteiger partial charge in [0.25, 0.3) is 0 Å². The van der Waals surface area contributed by atoms with E-state index in [1.165, 1.54) is 0 Å². The Morgan fingerprint density at radius 1 is 1.44 bits per heavy atom. The van der Waals surface area contributed by atoms with E-state index in [-0.39, 0.29) is 0 Å². The molecule has 1 atom stereocenters. The Labute approximate surface area is 111 Å². The van der Waals surface area contributed by atoms with Gasteiger partial charge in [-0.05, 0) is 30.5 Å². The normalized spacial score (nSPS) is 12.7. The molecule has 0 bridgehead atoms. The van der Waals surface area contributed by atoms with E-state index in [0.29, 0.717) is 10.7 Å². The van der Waals surface area contributed by atoms with Crippen LogP contribution < -0.4 is 0 Å². The van der Waals surface area contributed by atoms with Gasteiger partial charge in [-0.2, -0.15) is 0 Å². The van der Waals surface area contributed by atoms with E-state index in [9.17, 15) is 5.11 Å². The summed E-state index contributed by atoms with van der Waals surface area (Å²) < 4.78 is 1.73. The lowest BCUT2D eigenvalue weighted by Crippen LogP contribution is -2.10. The first-order valence-corrected chi connectivity index (χ1v) is 6.33. The molecule has 96 valence electrons. The molecule has 0 amide bonds. The number of nitrogens with zero attached hydrogens (tertiary/aromatic N) is 3. The Bertz CT molecular complexity index is 539. The van der Waals surface area contributed by atoms with Gasteiger partial charge >= 0.3 is 0 Å². The Morgan fingerprint density at radius 3 is 2.89 bits per heavy atom. The molecule has 4 nitrogen and oxygen atoms in total. The fourth-order valence-electron chi connectivity index (χ4n) is 1.87. The predicted molar refractivity (Wildman–Crippen MR) is 70.6 cm³/mol. The van der Waals surface area contributed by atoms with E-state index in [2.05, 4.69) is 17.2 Å². The topological polar surface area (TPSA) is 50.9 Å². The third-order valence-electron chi connectivity index (χ3n) is 2.86. The first-order valence-electron chi connectivity index (χ1n) is 5.96. The number of benzene rings is 1. The van der Waals surface area contributed by atoms with E-state index in [1.54, 1.807) is 16.9 Å². The van der Waals surface area contributed by atoms with Gasteiger partial charge in [0.2, 0.25) is 0 Å². The van der Waals surface area contributed by atoms with Crippen LogP contribution in [0.3, 0.4) is 0 Å². The van der Waals surface area contributed by atoms with Crippen molar-refractivity contribution in [3.8, 4) is 0 Å². The average molecular weight is 266 g/mol. The molecule has 1 unspecified atom stereocenters. The number of hydrogen-bond donors (Lipinski definition) is 1. The Morgan fingerprint density at radius 2 is 2.22 bits per heavy atom. The Balaban J connectivity index is 2.32. The van der Waals surface area contributed by atoms with E-state index in [1.807, 2.05) is 19.1 Å². The molecule has 0 radical (unpaired) electrons. The summed E-state index contributed by atoms with van der Waals surface area (Å²) in [5.41, 5.74) is 2.46. The number of aromatic nitrogens is 3. The summed E-state index contributed by atoms with van der Waals surface area (Å²) in [5.74, 6) is 0. The largest absolute Gasteiger partial charge is 0.382 e. The number of rotatable bonds is 4. The standard InChI is InChI=1S/C13H16ClN3O/c1-3-6-17-12(8-15-16-17)13(18)10-4-5-11(14)9(2)7-10/h4-5,7-8,13,18H,3,6H2,1-2H3. The maximum absolute atomic E-state index is 10.4. The van der Waals surface area contributed by atoms with Crippen LogP contribution in [-0.4, -0.2) is 20.1 Å². The van der Waals surface area contributed by atoms with Gasteiger partial charge in [-0.1, -0.05) is 35.9 Å². The molecule has 0 fully saturated rings. The van der Waals surface area contributed by atoms with Crippen LogP contribution >= 0.6 is 11.6 Å². The van der Waals surface area contributed by atoms with Crippen molar-refractivity contribution in [1.29, 1.82) is 0 Å². The fraction of sp³-hybridized carbons (Fsp3) is 0.385. The highest BCUT2D eigenvalue weighted by atomic mass is 35.5. The van der Waals surface area contributed by atoms with Crippen LogP contribution in [-0.2, 0) is 6.54 Å². The van der Waals surface area contributed by atoms with Crippen molar-refractivity contribution in [1.82, 2.24) is 15.0 Å². The molecule has 0 aliphatic rings. The van der Waals surface area contributed by atoms with Gasteiger partial charge in [0, 0.05) is 11.6 Å². The second kappa shape index (κ2) is 5.50. The Hall–Kier alpha value is -1.39. The smallest absolute Gasteiger partial charge is 0.122 e.